The quantitative estimate of drug-likeness (QED) is 0.632. The van der Waals surface area contributed by atoms with Crippen LogP contribution >= 0.6 is 15.9 Å². The van der Waals surface area contributed by atoms with E-state index in [-0.39, 0.29) is 0 Å². The van der Waals surface area contributed by atoms with Crippen molar-refractivity contribution in [1.82, 2.24) is 4.57 Å². The van der Waals surface area contributed by atoms with Crippen LogP contribution in [0.4, 0.5) is 0 Å². The van der Waals surface area contributed by atoms with Crippen LogP contribution in [0, 0.1) is 0 Å². The van der Waals surface area contributed by atoms with Gasteiger partial charge >= 0.3 is 5.97 Å². The van der Waals surface area contributed by atoms with E-state index in [9.17, 15) is 9.59 Å². The van der Waals surface area contributed by atoms with Gasteiger partial charge in [-0.1, -0.05) is 22.0 Å². The van der Waals surface area contributed by atoms with Crippen LogP contribution in [-0.2, 0) is 11.8 Å². The molecule has 0 saturated heterocycles. The lowest BCUT2D eigenvalue weighted by Gasteiger charge is -1.98. The molecule has 0 spiro atoms. The fourth-order valence-electron chi connectivity index (χ4n) is 1.88. The first-order valence-corrected chi connectivity index (χ1v) is 5.71. The van der Waals surface area contributed by atoms with Gasteiger partial charge in [0.15, 0.2) is 6.29 Å². The maximum absolute atomic E-state index is 11.7. The lowest BCUT2D eigenvalue weighted by atomic mass is 10.1. The first-order chi connectivity index (χ1) is 8.10. The summed E-state index contributed by atoms with van der Waals surface area (Å²) in [5.74, 6) is -0.500. The number of esters is 1. The Morgan fingerprint density at radius 1 is 1.47 bits per heavy atom. The minimum absolute atomic E-state index is 0.313. The van der Waals surface area contributed by atoms with E-state index in [0.717, 1.165) is 9.99 Å². The van der Waals surface area contributed by atoms with Crippen LogP contribution in [0.15, 0.2) is 22.7 Å². The molecule has 0 radical (unpaired) electrons. The molecule has 17 heavy (non-hydrogen) atoms. The topological polar surface area (TPSA) is 48.3 Å². The summed E-state index contributed by atoms with van der Waals surface area (Å²) in [5, 5.41) is 0.713. The van der Waals surface area contributed by atoms with E-state index in [1.807, 2.05) is 12.1 Å². The summed E-state index contributed by atoms with van der Waals surface area (Å²) >= 11 is 3.36. The molecule has 0 N–H and O–H groups in total. The van der Waals surface area contributed by atoms with Crippen molar-refractivity contribution < 1.29 is 14.3 Å². The largest absolute Gasteiger partial charge is 0.465 e. The van der Waals surface area contributed by atoms with Crippen molar-refractivity contribution in [2.75, 3.05) is 7.11 Å². The molecule has 2 aromatic rings. The zero-order chi connectivity index (χ0) is 12.6. The minimum atomic E-state index is -0.500. The van der Waals surface area contributed by atoms with Crippen LogP contribution in [0.5, 0.6) is 0 Å². The Bertz CT molecular complexity index is 616. The number of ether oxygens (including phenoxy) is 1. The second-order valence-electron chi connectivity index (χ2n) is 3.59. The van der Waals surface area contributed by atoms with Gasteiger partial charge in [0.05, 0.1) is 23.9 Å². The maximum Gasteiger partial charge on any atom is 0.340 e. The zero-order valence-corrected chi connectivity index (χ0v) is 10.9. The first-order valence-electron chi connectivity index (χ1n) is 4.91. The van der Waals surface area contributed by atoms with Crippen molar-refractivity contribution in [3.05, 3.63) is 33.9 Å². The molecule has 0 saturated carbocycles. The highest BCUT2D eigenvalue weighted by molar-refractivity contribution is 9.10. The first kappa shape index (κ1) is 11.9. The molecule has 1 aromatic carbocycles. The van der Waals surface area contributed by atoms with E-state index in [1.165, 1.54) is 7.11 Å². The molecule has 0 aliphatic heterocycles. The Morgan fingerprint density at radius 2 is 2.18 bits per heavy atom. The molecule has 1 aromatic heterocycles. The van der Waals surface area contributed by atoms with Gasteiger partial charge in [-0.2, -0.15) is 0 Å². The average molecular weight is 296 g/mol. The average Bonchev–Trinajstić information content (AvgIpc) is 2.61. The van der Waals surface area contributed by atoms with E-state index in [1.54, 1.807) is 17.7 Å². The number of rotatable bonds is 2. The van der Waals surface area contributed by atoms with Crippen molar-refractivity contribution >= 4 is 39.1 Å². The monoisotopic (exact) mass is 295 g/mol. The van der Waals surface area contributed by atoms with Crippen LogP contribution in [0.3, 0.4) is 0 Å². The lowest BCUT2D eigenvalue weighted by molar-refractivity contribution is 0.0600. The van der Waals surface area contributed by atoms with Crippen molar-refractivity contribution in [3.63, 3.8) is 0 Å². The SMILES string of the molecule is COC(=O)c1c(C=O)n(C)c2cc(Br)ccc12. The molecule has 4 nitrogen and oxygen atoms in total. The summed E-state index contributed by atoms with van der Waals surface area (Å²) in [6.07, 6.45) is 0.667. The number of hydrogen-bond donors (Lipinski definition) is 0. The van der Waals surface area contributed by atoms with Gasteiger partial charge in [-0.25, -0.2) is 4.79 Å². The van der Waals surface area contributed by atoms with E-state index in [4.69, 9.17) is 4.74 Å². The number of methoxy groups -OCH3 is 1. The van der Waals surface area contributed by atoms with E-state index < -0.39 is 5.97 Å². The zero-order valence-electron chi connectivity index (χ0n) is 9.36. The predicted molar refractivity (Wildman–Crippen MR) is 67.3 cm³/mol. The van der Waals surface area contributed by atoms with Crippen LogP contribution in [0.1, 0.15) is 20.8 Å². The summed E-state index contributed by atoms with van der Waals surface area (Å²) in [6.45, 7) is 0. The van der Waals surface area contributed by atoms with Crippen molar-refractivity contribution in [1.29, 1.82) is 0 Å². The van der Waals surface area contributed by atoms with Crippen molar-refractivity contribution in [3.8, 4) is 0 Å². The molecular weight excluding hydrogens is 286 g/mol. The number of benzene rings is 1. The molecule has 0 atom stereocenters. The molecule has 88 valence electrons. The fraction of sp³-hybridized carbons (Fsp3) is 0.167. The summed E-state index contributed by atoms with van der Waals surface area (Å²) < 4.78 is 7.28. The molecule has 0 unspecified atom stereocenters. The van der Waals surface area contributed by atoms with Gasteiger partial charge < -0.3 is 9.30 Å². The van der Waals surface area contributed by atoms with Gasteiger partial charge in [0, 0.05) is 16.9 Å². The highest BCUT2D eigenvalue weighted by atomic mass is 79.9. The summed E-state index contributed by atoms with van der Waals surface area (Å²) in [4.78, 5) is 22.8. The normalized spacial score (nSPS) is 10.5. The van der Waals surface area contributed by atoms with Crippen LogP contribution < -0.4 is 0 Å². The number of aromatic nitrogens is 1. The number of carbonyl (C=O) groups is 2. The second-order valence-corrected chi connectivity index (χ2v) is 4.51. The molecule has 1 heterocycles. The molecule has 5 heteroatoms. The number of fused-ring (bicyclic) bond motifs is 1. The third-order valence-electron chi connectivity index (χ3n) is 2.71. The maximum atomic E-state index is 11.7. The number of halogens is 1. The number of aldehydes is 1. The second kappa shape index (κ2) is 4.33. The Kier molecular flexibility index (Phi) is 3.02. The van der Waals surface area contributed by atoms with Crippen LogP contribution in [0.2, 0.25) is 0 Å². The third kappa shape index (κ3) is 1.76. The van der Waals surface area contributed by atoms with Gasteiger partial charge in [-0.05, 0) is 12.1 Å². The Hall–Kier alpha value is -1.62. The van der Waals surface area contributed by atoms with Gasteiger partial charge in [-0.3, -0.25) is 4.79 Å². The predicted octanol–water partition coefficient (Wildman–Crippen LogP) is 2.54. The van der Waals surface area contributed by atoms with Gasteiger partial charge in [0.2, 0.25) is 0 Å². The van der Waals surface area contributed by atoms with E-state index in [0.29, 0.717) is 22.9 Å². The molecule has 0 aliphatic rings. The Labute approximate surface area is 106 Å². The fourth-order valence-corrected chi connectivity index (χ4v) is 2.23. The van der Waals surface area contributed by atoms with Crippen LogP contribution in [0.25, 0.3) is 10.9 Å². The lowest BCUT2D eigenvalue weighted by Crippen LogP contribution is -2.05. The van der Waals surface area contributed by atoms with E-state index in [2.05, 4.69) is 15.9 Å². The summed E-state index contributed by atoms with van der Waals surface area (Å²) in [5.41, 5.74) is 1.44. The number of aryl methyl sites for hydroxylation is 1. The summed E-state index contributed by atoms with van der Waals surface area (Å²) in [6, 6.07) is 5.47. The number of carbonyl (C=O) groups excluding carboxylic acids is 2. The van der Waals surface area contributed by atoms with Gasteiger partial charge in [-0.15, -0.1) is 0 Å². The molecule has 0 fully saturated rings. The van der Waals surface area contributed by atoms with Crippen molar-refractivity contribution in [2.24, 2.45) is 7.05 Å². The Morgan fingerprint density at radius 3 is 2.76 bits per heavy atom. The van der Waals surface area contributed by atoms with Crippen molar-refractivity contribution in [2.45, 2.75) is 0 Å². The van der Waals surface area contributed by atoms with E-state index >= 15 is 0 Å². The van der Waals surface area contributed by atoms with Gasteiger partial charge in [0.1, 0.15) is 0 Å². The Balaban J connectivity index is 2.89. The molecule has 0 bridgehead atoms. The highest BCUT2D eigenvalue weighted by Crippen LogP contribution is 2.27. The third-order valence-corrected chi connectivity index (χ3v) is 3.20. The molecule has 0 amide bonds. The standard InChI is InChI=1S/C12H10BrNO3/c1-14-9-5-7(13)3-4-8(9)11(10(14)6-15)12(16)17-2/h3-6H,1-2H3. The van der Waals surface area contributed by atoms with Crippen LogP contribution in [-0.4, -0.2) is 23.9 Å². The summed E-state index contributed by atoms with van der Waals surface area (Å²) in [7, 11) is 3.04. The smallest absolute Gasteiger partial charge is 0.340 e. The molecule has 0 aliphatic carbocycles. The minimum Gasteiger partial charge on any atom is -0.465 e. The molecule has 2 rings (SSSR count). The molecular formula is C12H10BrNO3. The highest BCUT2D eigenvalue weighted by Gasteiger charge is 2.21. The number of hydrogen-bond acceptors (Lipinski definition) is 3. The number of nitrogens with zero attached hydrogens (tertiary/aromatic N) is 1. The van der Waals surface area contributed by atoms with Gasteiger partial charge in [0.25, 0.3) is 0 Å².